The topological polar surface area (TPSA) is 57.2 Å². The lowest BCUT2D eigenvalue weighted by atomic mass is 10.4. The van der Waals surface area contributed by atoms with Gasteiger partial charge in [-0.3, -0.25) is 9.79 Å². The van der Waals surface area contributed by atoms with Crippen molar-refractivity contribution in [2.75, 3.05) is 60.0 Å². The highest BCUT2D eigenvalue weighted by atomic mass is 16.5. The Labute approximate surface area is 141 Å². The molecule has 0 bridgehead atoms. The van der Waals surface area contributed by atoms with Crippen LogP contribution in [0.2, 0.25) is 0 Å². The average molecular weight is 326 g/mol. The van der Waals surface area contributed by atoms with Crippen LogP contribution in [0.5, 0.6) is 0 Å². The lowest BCUT2D eigenvalue weighted by Gasteiger charge is -2.12. The number of carbonyl (C=O) groups excluding carboxylic acids is 1. The largest absolute Gasteiger partial charge is 0.376 e. The monoisotopic (exact) mass is 326 g/mol. The summed E-state index contributed by atoms with van der Waals surface area (Å²) in [5.41, 5.74) is 0. The molecule has 0 saturated heterocycles. The average Bonchev–Trinajstić information content (AvgIpc) is 2.56. The zero-order valence-corrected chi connectivity index (χ0v) is 15.3. The van der Waals surface area contributed by atoms with Gasteiger partial charge in [-0.15, -0.1) is 0 Å². The molecular weight excluding hydrogens is 292 g/mol. The number of amides is 1. The Morgan fingerprint density at radius 3 is 2.43 bits per heavy atom. The van der Waals surface area contributed by atoms with Crippen LogP contribution in [0.15, 0.2) is 17.3 Å². The Kier molecular flexibility index (Phi) is 14.8. The molecule has 0 aromatic heterocycles. The highest BCUT2D eigenvalue weighted by Crippen LogP contribution is 1.88. The highest BCUT2D eigenvalue weighted by molar-refractivity contribution is 5.87. The van der Waals surface area contributed by atoms with Gasteiger partial charge in [-0.25, -0.2) is 0 Å². The van der Waals surface area contributed by atoms with Crippen molar-refractivity contribution in [1.29, 1.82) is 0 Å². The van der Waals surface area contributed by atoms with Gasteiger partial charge in [-0.05, 0) is 46.6 Å². The minimum Gasteiger partial charge on any atom is -0.376 e. The van der Waals surface area contributed by atoms with Gasteiger partial charge in [-0.1, -0.05) is 13.8 Å². The first kappa shape index (κ1) is 21.8. The lowest BCUT2D eigenvalue weighted by molar-refractivity contribution is -0.116. The van der Waals surface area contributed by atoms with E-state index < -0.39 is 0 Å². The Morgan fingerprint density at radius 2 is 1.78 bits per heavy atom. The smallest absolute Gasteiger partial charge is 0.245 e. The van der Waals surface area contributed by atoms with Crippen molar-refractivity contribution in [3.05, 3.63) is 12.3 Å². The quantitative estimate of drug-likeness (QED) is 0.298. The maximum Gasteiger partial charge on any atom is 0.245 e. The van der Waals surface area contributed by atoms with Gasteiger partial charge in [-0.2, -0.15) is 0 Å². The fourth-order valence-electron chi connectivity index (χ4n) is 1.72. The molecule has 0 fully saturated rings. The fraction of sp³-hybridized carbons (Fsp3) is 0.765. The lowest BCUT2D eigenvalue weighted by Crippen LogP contribution is -2.26. The molecule has 1 N–H and O–H groups in total. The van der Waals surface area contributed by atoms with Gasteiger partial charge in [0.1, 0.15) is 0 Å². The maximum atomic E-state index is 11.5. The summed E-state index contributed by atoms with van der Waals surface area (Å²) in [6, 6.07) is 0. The predicted octanol–water partition coefficient (Wildman–Crippen LogP) is 1.39. The summed E-state index contributed by atoms with van der Waals surface area (Å²) < 4.78 is 5.43. The molecular formula is C17H34N4O2. The predicted molar refractivity (Wildman–Crippen MR) is 97.0 cm³/mol. The molecule has 0 aliphatic carbocycles. The molecule has 0 aromatic carbocycles. The van der Waals surface area contributed by atoms with E-state index >= 15 is 0 Å². The Balaban J connectivity index is 3.51. The summed E-state index contributed by atoms with van der Waals surface area (Å²) in [4.78, 5) is 20.0. The summed E-state index contributed by atoms with van der Waals surface area (Å²) >= 11 is 0. The molecule has 0 aromatic rings. The summed E-state index contributed by atoms with van der Waals surface area (Å²) in [6.07, 6.45) is 6.58. The van der Waals surface area contributed by atoms with Crippen LogP contribution in [-0.2, 0) is 9.53 Å². The molecule has 0 atom stereocenters. The number of nitrogens with zero attached hydrogens (tertiary/aromatic N) is 3. The van der Waals surface area contributed by atoms with Crippen molar-refractivity contribution in [1.82, 2.24) is 15.1 Å². The Bertz CT molecular complexity index is 345. The minimum absolute atomic E-state index is 0.107. The van der Waals surface area contributed by atoms with Crippen molar-refractivity contribution in [2.45, 2.75) is 26.7 Å². The third kappa shape index (κ3) is 15.4. The van der Waals surface area contributed by atoms with Crippen molar-refractivity contribution >= 4 is 12.1 Å². The van der Waals surface area contributed by atoms with Gasteiger partial charge in [0.2, 0.25) is 5.91 Å². The molecule has 0 saturated carbocycles. The minimum atomic E-state index is -0.107. The van der Waals surface area contributed by atoms with Crippen LogP contribution in [0.4, 0.5) is 0 Å². The molecule has 0 aliphatic rings. The van der Waals surface area contributed by atoms with Crippen LogP contribution in [0.3, 0.4) is 0 Å². The van der Waals surface area contributed by atoms with Crippen LogP contribution in [0.25, 0.3) is 0 Å². The van der Waals surface area contributed by atoms with E-state index in [0.29, 0.717) is 13.2 Å². The van der Waals surface area contributed by atoms with Gasteiger partial charge in [0.05, 0.1) is 6.61 Å². The third-order valence-electron chi connectivity index (χ3n) is 3.53. The number of hydrogen-bond acceptors (Lipinski definition) is 5. The van der Waals surface area contributed by atoms with E-state index in [1.807, 2.05) is 0 Å². The third-order valence-corrected chi connectivity index (χ3v) is 3.53. The van der Waals surface area contributed by atoms with Crippen molar-refractivity contribution in [2.24, 2.45) is 4.99 Å². The normalized spacial score (nSPS) is 12.1. The molecule has 23 heavy (non-hydrogen) atoms. The van der Waals surface area contributed by atoms with Crippen LogP contribution in [0.1, 0.15) is 26.7 Å². The van der Waals surface area contributed by atoms with E-state index in [1.54, 1.807) is 6.21 Å². The van der Waals surface area contributed by atoms with E-state index in [9.17, 15) is 4.79 Å². The summed E-state index contributed by atoms with van der Waals surface area (Å²) in [6.45, 7) is 10.3. The van der Waals surface area contributed by atoms with Crippen molar-refractivity contribution in [3.8, 4) is 0 Å². The second-order valence-corrected chi connectivity index (χ2v) is 5.51. The zero-order chi connectivity index (χ0) is 17.3. The van der Waals surface area contributed by atoms with Gasteiger partial charge in [0, 0.05) is 38.2 Å². The van der Waals surface area contributed by atoms with Crippen LogP contribution >= 0.6 is 0 Å². The van der Waals surface area contributed by atoms with Gasteiger partial charge in [0.15, 0.2) is 0 Å². The second-order valence-electron chi connectivity index (χ2n) is 5.51. The van der Waals surface area contributed by atoms with E-state index in [0.717, 1.165) is 45.6 Å². The first-order valence-corrected chi connectivity index (χ1v) is 8.51. The van der Waals surface area contributed by atoms with Crippen LogP contribution in [-0.4, -0.2) is 82.0 Å². The molecule has 134 valence electrons. The molecule has 0 rings (SSSR count). The standard InChI is InChI=1S/C17H34N4O2/c1-5-20(3)13-7-10-19-17(22)9-11-18-12-16-23-15-8-14-21(4)6-2/h9,11-12H,5-8,10,13-16H2,1-4H3,(H,19,22)/b11-9+,18-12-. The molecule has 0 unspecified atom stereocenters. The van der Waals surface area contributed by atoms with Gasteiger partial charge >= 0.3 is 0 Å². The number of aliphatic imine (C=N–C) groups is 1. The number of rotatable bonds is 14. The highest BCUT2D eigenvalue weighted by Gasteiger charge is 1.96. The van der Waals surface area contributed by atoms with E-state index in [1.165, 1.54) is 12.3 Å². The van der Waals surface area contributed by atoms with E-state index in [-0.39, 0.29) is 5.91 Å². The Morgan fingerprint density at radius 1 is 1.13 bits per heavy atom. The molecule has 0 heterocycles. The molecule has 0 radical (unpaired) electrons. The Hall–Kier alpha value is -1.24. The van der Waals surface area contributed by atoms with E-state index in [2.05, 4.69) is 48.1 Å². The molecule has 0 spiro atoms. The maximum absolute atomic E-state index is 11.5. The molecule has 6 heteroatoms. The van der Waals surface area contributed by atoms with Gasteiger partial charge < -0.3 is 19.9 Å². The number of carbonyl (C=O) groups is 1. The first-order chi connectivity index (χ1) is 11.1. The number of ether oxygens (including phenoxy) is 1. The van der Waals surface area contributed by atoms with Crippen molar-refractivity contribution in [3.63, 3.8) is 0 Å². The summed E-state index contributed by atoms with van der Waals surface area (Å²) in [5.74, 6) is -0.107. The SMILES string of the molecule is CCN(C)CCCNC(=O)/C=C/N=C\COCCCN(C)CC. The van der Waals surface area contributed by atoms with Crippen LogP contribution < -0.4 is 5.32 Å². The van der Waals surface area contributed by atoms with Crippen LogP contribution in [0, 0.1) is 0 Å². The van der Waals surface area contributed by atoms with E-state index in [4.69, 9.17) is 4.74 Å². The fourth-order valence-corrected chi connectivity index (χ4v) is 1.72. The number of nitrogens with one attached hydrogen (secondary N) is 1. The molecule has 6 nitrogen and oxygen atoms in total. The van der Waals surface area contributed by atoms with Crippen molar-refractivity contribution < 1.29 is 9.53 Å². The first-order valence-electron chi connectivity index (χ1n) is 8.51. The molecule has 1 amide bonds. The second kappa shape index (κ2) is 15.6. The molecule has 0 aliphatic heterocycles. The number of hydrogen-bond donors (Lipinski definition) is 1. The summed E-state index contributed by atoms with van der Waals surface area (Å²) in [7, 11) is 4.17. The zero-order valence-electron chi connectivity index (χ0n) is 15.3. The summed E-state index contributed by atoms with van der Waals surface area (Å²) in [5, 5.41) is 2.83. The van der Waals surface area contributed by atoms with Gasteiger partial charge in [0.25, 0.3) is 0 Å².